The van der Waals surface area contributed by atoms with Crippen LogP contribution in [0.3, 0.4) is 0 Å². The molecule has 0 saturated carbocycles. The van der Waals surface area contributed by atoms with Crippen molar-refractivity contribution in [2.24, 2.45) is 9.98 Å². The Labute approximate surface area is 67.8 Å². The van der Waals surface area contributed by atoms with Crippen LogP contribution in [-0.2, 0) is 0 Å². The first-order valence-electron chi connectivity index (χ1n) is 3.30. The summed E-state index contributed by atoms with van der Waals surface area (Å²) in [4.78, 5) is 6.92. The Morgan fingerprint density at radius 3 is 1.82 bits per heavy atom. The highest BCUT2D eigenvalue weighted by molar-refractivity contribution is 5.39. The van der Waals surface area contributed by atoms with E-state index in [9.17, 15) is 0 Å². The lowest BCUT2D eigenvalue weighted by atomic mass is 10.4. The summed E-state index contributed by atoms with van der Waals surface area (Å²) in [6, 6.07) is 1.82. The Balaban J connectivity index is 0. The molecule has 0 aromatic rings. The van der Waals surface area contributed by atoms with E-state index >= 15 is 0 Å². The molecule has 0 aromatic heterocycles. The number of allylic oxidation sites excluding steroid dienone is 2. The fraction of sp³-hybridized carbons (Fsp3) is 0.375. The van der Waals surface area contributed by atoms with E-state index in [1.165, 1.54) is 0 Å². The number of hydrogen-bond donors (Lipinski definition) is 0. The Hall–Kier alpha value is -1.43. The number of nitriles is 1. The van der Waals surface area contributed by atoms with Crippen LogP contribution in [0.15, 0.2) is 21.4 Å². The van der Waals surface area contributed by atoms with Crippen molar-refractivity contribution < 1.29 is 0 Å². The molecule has 0 saturated heterocycles. The van der Waals surface area contributed by atoms with Crippen LogP contribution < -0.4 is 0 Å². The monoisotopic (exact) mass is 151 g/mol. The third-order valence-corrected chi connectivity index (χ3v) is 0.844. The van der Waals surface area contributed by atoms with Crippen molar-refractivity contribution >= 4 is 13.4 Å². The van der Waals surface area contributed by atoms with Gasteiger partial charge in [-0.25, -0.2) is 0 Å². The molecular formula is C8H13N3. The first kappa shape index (κ1) is 12.3. The van der Waals surface area contributed by atoms with Crippen LogP contribution >= 0.6 is 0 Å². The maximum Gasteiger partial charge on any atom is 0.160 e. The molecule has 0 atom stereocenters. The zero-order valence-corrected chi connectivity index (χ0v) is 7.26. The van der Waals surface area contributed by atoms with Gasteiger partial charge in [0.1, 0.15) is 6.07 Å². The Bertz CT molecular complexity index is 196. The second-order valence-corrected chi connectivity index (χ2v) is 1.36. The van der Waals surface area contributed by atoms with Gasteiger partial charge in [0.25, 0.3) is 0 Å². The van der Waals surface area contributed by atoms with Gasteiger partial charge in [0.15, 0.2) is 5.70 Å². The molecule has 0 unspecified atom stereocenters. The third-order valence-electron chi connectivity index (χ3n) is 0.844. The summed E-state index contributed by atoms with van der Waals surface area (Å²) in [7, 11) is 0. The van der Waals surface area contributed by atoms with Gasteiger partial charge < -0.3 is 0 Å². The second kappa shape index (κ2) is 8.57. The molecule has 0 aromatic carbocycles. The highest BCUT2D eigenvalue weighted by atomic mass is 14.8. The minimum Gasteiger partial charge on any atom is -0.266 e. The van der Waals surface area contributed by atoms with Crippen LogP contribution in [-0.4, -0.2) is 13.4 Å². The van der Waals surface area contributed by atoms with Gasteiger partial charge in [-0.2, -0.15) is 5.26 Å². The van der Waals surface area contributed by atoms with E-state index in [2.05, 4.69) is 23.4 Å². The van der Waals surface area contributed by atoms with E-state index in [4.69, 9.17) is 5.26 Å². The van der Waals surface area contributed by atoms with Crippen molar-refractivity contribution in [3.63, 3.8) is 0 Å². The number of hydrogen-bond acceptors (Lipinski definition) is 3. The summed E-state index contributed by atoms with van der Waals surface area (Å²) in [6.07, 6.45) is 0. The molecule has 0 aliphatic heterocycles. The standard InChI is InChI=1S/C6H7N3.C2H6/c1-5(8-2)6(4-7)9-3;1-2/h2-3H2,1H3;1-2H3/b6-5-;. The lowest BCUT2D eigenvalue weighted by molar-refractivity contribution is 1.22. The van der Waals surface area contributed by atoms with Gasteiger partial charge in [0, 0.05) is 0 Å². The molecule has 0 rings (SSSR count). The molecule has 3 heteroatoms. The smallest absolute Gasteiger partial charge is 0.160 e. The number of rotatable bonds is 2. The van der Waals surface area contributed by atoms with E-state index in [1.54, 1.807) is 6.92 Å². The van der Waals surface area contributed by atoms with Crippen LogP contribution in [0.5, 0.6) is 0 Å². The minimum absolute atomic E-state index is 0.227. The SMILES string of the molecule is C=N/C(C)=C(/C#N)N=C.CC. The molecule has 0 aliphatic rings. The molecule has 0 fully saturated rings. The van der Waals surface area contributed by atoms with E-state index in [0.717, 1.165) is 0 Å². The molecule has 0 bridgehead atoms. The maximum absolute atomic E-state index is 8.30. The summed E-state index contributed by atoms with van der Waals surface area (Å²) in [6.45, 7) is 12.1. The van der Waals surface area contributed by atoms with Crippen molar-refractivity contribution in [1.82, 2.24) is 0 Å². The summed E-state index contributed by atoms with van der Waals surface area (Å²) >= 11 is 0. The van der Waals surface area contributed by atoms with Crippen molar-refractivity contribution in [2.75, 3.05) is 0 Å². The van der Waals surface area contributed by atoms with Crippen LogP contribution in [0.25, 0.3) is 0 Å². The zero-order chi connectivity index (χ0) is 9.28. The Kier molecular flexibility index (Phi) is 9.56. The number of aliphatic imine (C=N–C) groups is 2. The van der Waals surface area contributed by atoms with Crippen molar-refractivity contribution in [2.45, 2.75) is 20.8 Å². The zero-order valence-electron chi connectivity index (χ0n) is 7.26. The topological polar surface area (TPSA) is 48.5 Å². The summed E-state index contributed by atoms with van der Waals surface area (Å²) in [5, 5.41) is 8.30. The van der Waals surface area contributed by atoms with Crippen LogP contribution in [0, 0.1) is 11.3 Å². The van der Waals surface area contributed by atoms with Gasteiger partial charge in [0.2, 0.25) is 0 Å². The van der Waals surface area contributed by atoms with Gasteiger partial charge >= 0.3 is 0 Å². The van der Waals surface area contributed by atoms with Crippen molar-refractivity contribution in [3.05, 3.63) is 11.4 Å². The molecule has 0 radical (unpaired) electrons. The Morgan fingerprint density at radius 2 is 1.73 bits per heavy atom. The predicted molar refractivity (Wildman–Crippen MR) is 48.8 cm³/mol. The van der Waals surface area contributed by atoms with Gasteiger partial charge in [-0.05, 0) is 20.4 Å². The molecule has 0 amide bonds. The second-order valence-electron chi connectivity index (χ2n) is 1.36. The summed E-state index contributed by atoms with van der Waals surface area (Å²) < 4.78 is 0. The molecular weight excluding hydrogens is 138 g/mol. The van der Waals surface area contributed by atoms with E-state index in [0.29, 0.717) is 5.70 Å². The van der Waals surface area contributed by atoms with Gasteiger partial charge in [0.05, 0.1) is 5.70 Å². The summed E-state index contributed by atoms with van der Waals surface area (Å²) in [5.74, 6) is 0. The highest BCUT2D eigenvalue weighted by Gasteiger charge is 1.92. The molecule has 0 N–H and O–H groups in total. The molecule has 60 valence electrons. The third kappa shape index (κ3) is 5.04. The normalized spacial score (nSPS) is 9.64. The molecule has 0 spiro atoms. The van der Waals surface area contributed by atoms with Gasteiger partial charge in [-0.1, -0.05) is 13.8 Å². The van der Waals surface area contributed by atoms with Crippen LogP contribution in [0.2, 0.25) is 0 Å². The highest BCUT2D eigenvalue weighted by Crippen LogP contribution is 2.02. The lowest BCUT2D eigenvalue weighted by Gasteiger charge is -1.88. The average molecular weight is 151 g/mol. The van der Waals surface area contributed by atoms with Gasteiger partial charge in [-0.3, -0.25) is 9.98 Å². The minimum atomic E-state index is 0.227. The molecule has 0 heterocycles. The lowest BCUT2D eigenvalue weighted by Crippen LogP contribution is -1.76. The Morgan fingerprint density at radius 1 is 1.27 bits per heavy atom. The van der Waals surface area contributed by atoms with Crippen molar-refractivity contribution in [1.29, 1.82) is 5.26 Å². The fourth-order valence-corrected chi connectivity index (χ4v) is 0.306. The van der Waals surface area contributed by atoms with E-state index in [-0.39, 0.29) is 5.70 Å². The maximum atomic E-state index is 8.30. The quantitative estimate of drug-likeness (QED) is 0.440. The first-order chi connectivity index (χ1) is 5.26. The predicted octanol–water partition coefficient (Wildman–Crippen LogP) is 2.17. The molecule has 0 aliphatic carbocycles. The summed E-state index contributed by atoms with van der Waals surface area (Å²) in [5.41, 5.74) is 0.734. The average Bonchev–Trinajstić information content (AvgIpc) is 2.10. The molecule has 11 heavy (non-hydrogen) atoms. The van der Waals surface area contributed by atoms with Crippen LogP contribution in [0.4, 0.5) is 0 Å². The molecule has 3 nitrogen and oxygen atoms in total. The number of nitrogens with zero attached hydrogens (tertiary/aromatic N) is 3. The fourth-order valence-electron chi connectivity index (χ4n) is 0.306. The largest absolute Gasteiger partial charge is 0.266 e. The van der Waals surface area contributed by atoms with E-state index in [1.807, 2.05) is 19.9 Å². The van der Waals surface area contributed by atoms with Crippen LogP contribution in [0.1, 0.15) is 20.8 Å². The first-order valence-corrected chi connectivity index (χ1v) is 3.30. The van der Waals surface area contributed by atoms with Gasteiger partial charge in [-0.15, -0.1) is 0 Å². The van der Waals surface area contributed by atoms with E-state index < -0.39 is 0 Å². The van der Waals surface area contributed by atoms with Crippen molar-refractivity contribution in [3.8, 4) is 6.07 Å².